The molecule has 3 aromatic rings. The van der Waals surface area contributed by atoms with Crippen LogP contribution in [0.3, 0.4) is 0 Å². The van der Waals surface area contributed by atoms with Crippen LogP contribution in [0, 0.1) is 11.6 Å². The number of nitrogens with zero attached hydrogens (tertiary/aromatic N) is 2. The first-order valence-corrected chi connectivity index (χ1v) is 14.0. The summed E-state index contributed by atoms with van der Waals surface area (Å²) in [4.78, 5) is 17.3. The number of piperazine rings is 1. The van der Waals surface area contributed by atoms with E-state index < -0.39 is 0 Å². The number of carbonyl (C=O) groups is 1. The van der Waals surface area contributed by atoms with E-state index in [1.807, 2.05) is 24.3 Å². The van der Waals surface area contributed by atoms with E-state index in [4.69, 9.17) is 28.9 Å². The highest BCUT2D eigenvalue weighted by molar-refractivity contribution is 6.40. The predicted octanol–water partition coefficient (Wildman–Crippen LogP) is 6.80. The minimum atomic E-state index is -0.264. The van der Waals surface area contributed by atoms with Crippen LogP contribution in [0.4, 0.5) is 20.2 Å². The van der Waals surface area contributed by atoms with Crippen LogP contribution in [-0.2, 0) is 4.79 Å². The Morgan fingerprint density at radius 1 is 0.974 bits per heavy atom. The monoisotopic (exact) mass is 574 g/mol. The van der Waals surface area contributed by atoms with Crippen LogP contribution in [0.2, 0.25) is 10.0 Å². The lowest BCUT2D eigenvalue weighted by Crippen LogP contribution is -2.53. The number of rotatable bonds is 10. The molecular weight excluding hydrogens is 541 g/mol. The molecule has 9 heteroatoms. The summed E-state index contributed by atoms with van der Waals surface area (Å²) < 4.78 is 27.0. The van der Waals surface area contributed by atoms with E-state index in [-0.39, 0.29) is 36.0 Å². The molecule has 3 N–H and O–H groups in total. The summed E-state index contributed by atoms with van der Waals surface area (Å²) in [6.07, 6.45) is 2.89. The average Bonchev–Trinajstić information content (AvgIpc) is 2.89. The van der Waals surface area contributed by atoms with E-state index in [1.165, 1.54) is 24.3 Å². The molecule has 1 unspecified atom stereocenters. The van der Waals surface area contributed by atoms with Gasteiger partial charge in [-0.25, -0.2) is 8.78 Å². The Bertz CT molecular complexity index is 1190. The third-order valence-corrected chi connectivity index (χ3v) is 7.88. The van der Waals surface area contributed by atoms with Crippen LogP contribution in [0.15, 0.2) is 60.7 Å². The Labute approximate surface area is 238 Å². The topological polar surface area (TPSA) is 61.6 Å². The summed E-state index contributed by atoms with van der Waals surface area (Å²) in [5.74, 6) is -0.611. The van der Waals surface area contributed by atoms with E-state index in [0.29, 0.717) is 21.4 Å². The van der Waals surface area contributed by atoms with Gasteiger partial charge in [0, 0.05) is 37.3 Å². The summed E-state index contributed by atoms with van der Waals surface area (Å²) in [5, 5.41) is 3.44. The maximum absolute atomic E-state index is 13.5. The van der Waals surface area contributed by atoms with Gasteiger partial charge >= 0.3 is 0 Å². The van der Waals surface area contributed by atoms with Gasteiger partial charge in [-0.2, -0.15) is 0 Å². The Morgan fingerprint density at radius 2 is 1.54 bits per heavy atom. The second-order valence-corrected chi connectivity index (χ2v) is 11.0. The molecule has 0 bridgehead atoms. The minimum Gasteiger partial charge on any atom is -0.399 e. The molecule has 0 saturated carbocycles. The van der Waals surface area contributed by atoms with E-state index in [9.17, 15) is 13.6 Å². The molecule has 1 saturated heterocycles. The van der Waals surface area contributed by atoms with E-state index in [2.05, 4.69) is 22.0 Å². The maximum Gasteiger partial charge on any atom is 0.238 e. The van der Waals surface area contributed by atoms with Crippen molar-refractivity contribution in [2.75, 3.05) is 43.8 Å². The minimum absolute atomic E-state index is 0.0866. The van der Waals surface area contributed by atoms with Crippen LogP contribution in [-0.4, -0.2) is 54.5 Å². The number of unbranched alkanes of at least 4 members (excludes halogenated alkanes) is 1. The van der Waals surface area contributed by atoms with Crippen molar-refractivity contribution in [3.63, 3.8) is 0 Å². The zero-order chi connectivity index (χ0) is 27.9. The van der Waals surface area contributed by atoms with Crippen molar-refractivity contribution in [2.24, 2.45) is 0 Å². The molecule has 4 rings (SSSR count). The molecule has 1 aliphatic rings. The van der Waals surface area contributed by atoms with Crippen LogP contribution in [0.25, 0.3) is 0 Å². The molecule has 39 heavy (non-hydrogen) atoms. The number of halogens is 4. The summed E-state index contributed by atoms with van der Waals surface area (Å²) in [5.41, 5.74) is 8.62. The lowest BCUT2D eigenvalue weighted by molar-refractivity contribution is -0.118. The second kappa shape index (κ2) is 13.6. The van der Waals surface area contributed by atoms with Gasteiger partial charge in [-0.15, -0.1) is 0 Å². The highest BCUT2D eigenvalue weighted by atomic mass is 35.5. The van der Waals surface area contributed by atoms with E-state index >= 15 is 0 Å². The first-order valence-electron chi connectivity index (χ1n) is 13.2. The molecule has 0 aromatic heterocycles. The van der Waals surface area contributed by atoms with Crippen molar-refractivity contribution < 1.29 is 13.6 Å². The molecule has 1 aliphatic heterocycles. The van der Waals surface area contributed by atoms with Crippen molar-refractivity contribution in [3.8, 4) is 0 Å². The number of hydrogen-bond donors (Lipinski definition) is 2. The normalized spacial score (nSPS) is 16.5. The van der Waals surface area contributed by atoms with Gasteiger partial charge in [-0.05, 0) is 73.8 Å². The third kappa shape index (κ3) is 8.15. The lowest BCUT2D eigenvalue weighted by Gasteiger charge is -2.39. The Morgan fingerprint density at radius 3 is 2.08 bits per heavy atom. The van der Waals surface area contributed by atoms with Crippen LogP contribution in [0.5, 0.6) is 0 Å². The van der Waals surface area contributed by atoms with Gasteiger partial charge < -0.3 is 16.0 Å². The van der Waals surface area contributed by atoms with Gasteiger partial charge in [-0.3, -0.25) is 9.69 Å². The zero-order valence-corrected chi connectivity index (χ0v) is 23.5. The molecule has 3 aromatic carbocycles. The zero-order valence-electron chi connectivity index (χ0n) is 22.0. The largest absolute Gasteiger partial charge is 0.399 e. The fourth-order valence-corrected chi connectivity index (χ4v) is 5.78. The summed E-state index contributed by atoms with van der Waals surface area (Å²) >= 11 is 12.4. The molecule has 208 valence electrons. The number of hydrogen-bond acceptors (Lipinski definition) is 4. The van der Waals surface area contributed by atoms with Gasteiger partial charge in [-0.1, -0.05) is 53.9 Å². The quantitative estimate of drug-likeness (QED) is 0.206. The third-order valence-electron chi connectivity index (χ3n) is 7.29. The molecule has 1 atom stereocenters. The smallest absolute Gasteiger partial charge is 0.238 e. The van der Waals surface area contributed by atoms with Crippen LogP contribution >= 0.6 is 23.2 Å². The number of nitrogen functional groups attached to an aromatic ring is 1. The number of anilines is 2. The molecule has 1 amide bonds. The SMILES string of the molecule is CC1CN(CCCCC(c2ccc(F)cc2)c2ccc(F)cc2)CCN1CC(=O)Nc1c(Cl)cc(N)cc1Cl. The van der Waals surface area contributed by atoms with Gasteiger partial charge in [0.1, 0.15) is 11.6 Å². The summed E-state index contributed by atoms with van der Waals surface area (Å²) in [7, 11) is 0. The van der Waals surface area contributed by atoms with Crippen molar-refractivity contribution in [1.29, 1.82) is 0 Å². The van der Waals surface area contributed by atoms with Crippen molar-refractivity contribution in [1.82, 2.24) is 9.80 Å². The fraction of sp³-hybridized carbons (Fsp3) is 0.367. The molecule has 1 fully saturated rings. The first-order chi connectivity index (χ1) is 18.7. The van der Waals surface area contributed by atoms with Gasteiger partial charge in [0.15, 0.2) is 0 Å². The fourth-order valence-electron chi connectivity index (χ4n) is 5.18. The summed E-state index contributed by atoms with van der Waals surface area (Å²) in [6.45, 7) is 5.87. The van der Waals surface area contributed by atoms with Gasteiger partial charge in [0.25, 0.3) is 0 Å². The van der Waals surface area contributed by atoms with Crippen LogP contribution in [0.1, 0.15) is 43.2 Å². The maximum atomic E-state index is 13.5. The van der Waals surface area contributed by atoms with Crippen molar-refractivity contribution in [3.05, 3.63) is 93.5 Å². The average molecular weight is 576 g/mol. The Hall–Kier alpha value is -2.71. The number of nitrogens with two attached hydrogens (primary N) is 1. The molecule has 0 aliphatic carbocycles. The predicted molar refractivity (Wildman–Crippen MR) is 155 cm³/mol. The molecular formula is C30H34Cl2F2N4O. The molecule has 1 heterocycles. The highest BCUT2D eigenvalue weighted by Crippen LogP contribution is 2.33. The first kappa shape index (κ1) is 29.3. The van der Waals surface area contributed by atoms with Gasteiger partial charge in [0.05, 0.1) is 22.3 Å². The lowest BCUT2D eigenvalue weighted by atomic mass is 9.87. The number of benzene rings is 3. The van der Waals surface area contributed by atoms with E-state index in [1.54, 1.807) is 12.1 Å². The highest BCUT2D eigenvalue weighted by Gasteiger charge is 2.25. The second-order valence-electron chi connectivity index (χ2n) is 10.2. The molecule has 5 nitrogen and oxygen atoms in total. The molecule has 0 spiro atoms. The number of amides is 1. The van der Waals surface area contributed by atoms with Gasteiger partial charge in [0.2, 0.25) is 5.91 Å². The van der Waals surface area contributed by atoms with Crippen LogP contribution < -0.4 is 11.1 Å². The Balaban J connectivity index is 1.24. The number of carbonyl (C=O) groups excluding carboxylic acids is 1. The summed E-state index contributed by atoms with van der Waals surface area (Å²) in [6, 6.07) is 16.5. The standard InChI is InChI=1S/C30H34Cl2F2N4O/c1-20-18-37(14-15-38(20)19-29(39)36-30-27(31)16-25(35)17-28(30)32)13-3-2-4-26(21-5-9-23(33)10-6-21)22-7-11-24(34)12-8-22/h5-12,16-17,20,26H,2-4,13-15,18-19,35H2,1H3,(H,36,39). The van der Waals surface area contributed by atoms with E-state index in [0.717, 1.165) is 56.6 Å². The van der Waals surface area contributed by atoms with Crippen molar-refractivity contribution >= 4 is 40.5 Å². The number of nitrogens with one attached hydrogen (secondary N) is 1. The molecule has 0 radical (unpaired) electrons. The Kier molecular flexibility index (Phi) is 10.2. The van der Waals surface area contributed by atoms with Crippen molar-refractivity contribution in [2.45, 2.75) is 38.1 Å².